The number of hydrogen-bond donors (Lipinski definition) is 0. The van der Waals surface area contributed by atoms with Crippen molar-refractivity contribution in [3.8, 4) is 0 Å². The third kappa shape index (κ3) is 2.92. The van der Waals surface area contributed by atoms with E-state index in [1.165, 1.54) is 0 Å². The van der Waals surface area contributed by atoms with Crippen molar-refractivity contribution in [2.24, 2.45) is 13.0 Å². The maximum atomic E-state index is 12.9. The smallest absolute Gasteiger partial charge is 0.270 e. The fourth-order valence-corrected chi connectivity index (χ4v) is 4.18. The number of benzene rings is 1. The number of aryl methyl sites for hydroxylation is 1. The normalized spacial score (nSPS) is 18.9. The quantitative estimate of drug-likeness (QED) is 0.844. The predicted octanol–water partition coefficient (Wildman–Crippen LogP) is 2.65. The van der Waals surface area contributed by atoms with Gasteiger partial charge in [0.25, 0.3) is 5.91 Å². The zero-order chi connectivity index (χ0) is 17.4. The van der Waals surface area contributed by atoms with Crippen molar-refractivity contribution < 1.29 is 9.59 Å². The van der Waals surface area contributed by atoms with E-state index >= 15 is 0 Å². The molecule has 2 aliphatic heterocycles. The van der Waals surface area contributed by atoms with Crippen LogP contribution in [0, 0.1) is 5.92 Å². The molecule has 0 saturated carbocycles. The molecule has 0 bridgehead atoms. The number of rotatable bonds is 2. The lowest BCUT2D eigenvalue weighted by atomic mass is 9.95. The molecular weight excluding hydrogens is 314 g/mol. The van der Waals surface area contributed by atoms with Crippen LogP contribution < -0.4 is 0 Å². The van der Waals surface area contributed by atoms with Crippen LogP contribution in [-0.2, 0) is 11.8 Å². The van der Waals surface area contributed by atoms with Gasteiger partial charge in [0.1, 0.15) is 5.69 Å². The summed E-state index contributed by atoms with van der Waals surface area (Å²) in [5.41, 5.74) is 1.80. The average Bonchev–Trinajstić information content (AvgIpc) is 3.30. The van der Waals surface area contributed by atoms with Gasteiger partial charge in [0, 0.05) is 50.0 Å². The molecule has 2 saturated heterocycles. The summed E-state index contributed by atoms with van der Waals surface area (Å²) in [7, 11) is 1.94. The monoisotopic (exact) mass is 339 g/mol. The number of hydrogen-bond acceptors (Lipinski definition) is 2. The van der Waals surface area contributed by atoms with Crippen molar-refractivity contribution in [3.05, 3.63) is 36.0 Å². The molecule has 132 valence electrons. The Bertz CT molecular complexity index is 796. The van der Waals surface area contributed by atoms with Gasteiger partial charge in [0.15, 0.2) is 0 Å². The molecule has 0 unspecified atom stereocenters. The first-order valence-electron chi connectivity index (χ1n) is 9.27. The van der Waals surface area contributed by atoms with Crippen molar-refractivity contribution in [1.29, 1.82) is 0 Å². The molecule has 0 radical (unpaired) electrons. The summed E-state index contributed by atoms with van der Waals surface area (Å²) < 4.78 is 1.97. The van der Waals surface area contributed by atoms with E-state index in [2.05, 4.69) is 0 Å². The van der Waals surface area contributed by atoms with E-state index in [0.717, 1.165) is 55.4 Å². The summed E-state index contributed by atoms with van der Waals surface area (Å²) in [4.78, 5) is 29.4. The Balaban J connectivity index is 1.44. The van der Waals surface area contributed by atoms with E-state index in [9.17, 15) is 9.59 Å². The van der Waals surface area contributed by atoms with Crippen LogP contribution in [-0.4, -0.2) is 52.4 Å². The third-order valence-corrected chi connectivity index (χ3v) is 5.72. The summed E-state index contributed by atoms with van der Waals surface area (Å²) in [5.74, 6) is 0.467. The largest absolute Gasteiger partial charge is 0.342 e. The highest BCUT2D eigenvalue weighted by atomic mass is 16.2. The number of piperidine rings is 1. The molecule has 0 spiro atoms. The molecule has 2 aromatic rings. The van der Waals surface area contributed by atoms with Crippen molar-refractivity contribution in [1.82, 2.24) is 14.4 Å². The van der Waals surface area contributed by atoms with Gasteiger partial charge in [0.05, 0.1) is 0 Å². The summed E-state index contributed by atoms with van der Waals surface area (Å²) >= 11 is 0. The molecule has 0 N–H and O–H groups in total. The summed E-state index contributed by atoms with van der Waals surface area (Å²) in [6.45, 7) is 3.16. The molecule has 2 amide bonds. The van der Waals surface area contributed by atoms with Crippen molar-refractivity contribution in [3.63, 3.8) is 0 Å². The minimum atomic E-state index is 0.0748. The van der Waals surface area contributed by atoms with E-state index in [1.54, 1.807) is 0 Å². The van der Waals surface area contributed by atoms with Gasteiger partial charge in [-0.05, 0) is 37.8 Å². The Morgan fingerprint density at radius 1 is 0.960 bits per heavy atom. The second-order valence-corrected chi connectivity index (χ2v) is 7.25. The van der Waals surface area contributed by atoms with Gasteiger partial charge in [0.2, 0.25) is 5.91 Å². The zero-order valence-electron chi connectivity index (χ0n) is 14.8. The Hall–Kier alpha value is -2.30. The number of aromatic nitrogens is 1. The van der Waals surface area contributed by atoms with Gasteiger partial charge in [-0.1, -0.05) is 18.2 Å². The van der Waals surface area contributed by atoms with Crippen LogP contribution in [0.5, 0.6) is 0 Å². The van der Waals surface area contributed by atoms with E-state index in [1.807, 2.05) is 51.7 Å². The van der Waals surface area contributed by atoms with Crippen LogP contribution in [0.1, 0.15) is 36.2 Å². The van der Waals surface area contributed by atoms with E-state index < -0.39 is 0 Å². The van der Waals surface area contributed by atoms with Gasteiger partial charge < -0.3 is 14.4 Å². The minimum Gasteiger partial charge on any atom is -0.342 e. The first kappa shape index (κ1) is 16.2. The van der Waals surface area contributed by atoms with Crippen LogP contribution in [0.15, 0.2) is 30.3 Å². The molecule has 5 nitrogen and oxygen atoms in total. The van der Waals surface area contributed by atoms with Crippen molar-refractivity contribution in [2.45, 2.75) is 25.7 Å². The van der Waals surface area contributed by atoms with Crippen LogP contribution in [0.4, 0.5) is 0 Å². The van der Waals surface area contributed by atoms with Crippen LogP contribution in [0.25, 0.3) is 10.9 Å². The Labute approximate surface area is 148 Å². The molecule has 2 aliphatic rings. The number of nitrogens with zero attached hydrogens (tertiary/aromatic N) is 3. The molecule has 0 aliphatic carbocycles. The van der Waals surface area contributed by atoms with Crippen LogP contribution in [0.2, 0.25) is 0 Å². The molecule has 1 aromatic carbocycles. The molecule has 2 fully saturated rings. The first-order chi connectivity index (χ1) is 12.1. The number of carbonyl (C=O) groups is 2. The predicted molar refractivity (Wildman–Crippen MR) is 97.4 cm³/mol. The molecule has 3 heterocycles. The van der Waals surface area contributed by atoms with Gasteiger partial charge >= 0.3 is 0 Å². The molecule has 5 heteroatoms. The number of fused-ring (bicyclic) bond motifs is 1. The second kappa shape index (κ2) is 6.54. The molecular formula is C20H25N3O2. The fourth-order valence-electron chi connectivity index (χ4n) is 4.18. The Morgan fingerprint density at radius 2 is 1.64 bits per heavy atom. The highest BCUT2D eigenvalue weighted by molar-refractivity contribution is 5.98. The lowest BCUT2D eigenvalue weighted by Gasteiger charge is -2.33. The van der Waals surface area contributed by atoms with Crippen molar-refractivity contribution in [2.75, 3.05) is 26.2 Å². The standard InChI is InChI=1S/C20H25N3O2/c1-21-17-7-3-2-6-16(17)14-18(21)20(25)23-12-8-15(9-13-23)19(24)22-10-4-5-11-22/h2-3,6-7,14-15H,4-5,8-13H2,1H3. The number of likely N-dealkylation sites (tertiary alicyclic amines) is 2. The van der Waals surface area contributed by atoms with Gasteiger partial charge in [-0.25, -0.2) is 0 Å². The highest BCUT2D eigenvalue weighted by Gasteiger charge is 2.32. The topological polar surface area (TPSA) is 45.6 Å². The maximum Gasteiger partial charge on any atom is 0.270 e. The number of carbonyl (C=O) groups excluding carboxylic acids is 2. The summed E-state index contributed by atoms with van der Waals surface area (Å²) in [6, 6.07) is 10.0. The summed E-state index contributed by atoms with van der Waals surface area (Å²) in [5, 5.41) is 1.09. The van der Waals surface area contributed by atoms with Crippen molar-refractivity contribution >= 4 is 22.7 Å². The van der Waals surface area contributed by atoms with Crippen LogP contribution >= 0.6 is 0 Å². The summed E-state index contributed by atoms with van der Waals surface area (Å²) in [6.07, 6.45) is 3.82. The lowest BCUT2D eigenvalue weighted by molar-refractivity contribution is -0.135. The van der Waals surface area contributed by atoms with Gasteiger partial charge in [-0.2, -0.15) is 0 Å². The lowest BCUT2D eigenvalue weighted by Crippen LogP contribution is -2.44. The second-order valence-electron chi connectivity index (χ2n) is 7.25. The Morgan fingerprint density at radius 3 is 2.32 bits per heavy atom. The molecule has 4 rings (SSSR count). The first-order valence-corrected chi connectivity index (χ1v) is 9.27. The average molecular weight is 339 g/mol. The molecule has 0 atom stereocenters. The van der Waals surface area contributed by atoms with E-state index in [4.69, 9.17) is 0 Å². The van der Waals surface area contributed by atoms with Gasteiger partial charge in [-0.15, -0.1) is 0 Å². The Kier molecular flexibility index (Phi) is 4.24. The third-order valence-electron chi connectivity index (χ3n) is 5.72. The SMILES string of the molecule is Cn1c(C(=O)N2CCC(C(=O)N3CCCC3)CC2)cc2ccccc21. The number of para-hydroxylation sites is 1. The fraction of sp³-hybridized carbons (Fsp3) is 0.500. The number of amides is 2. The van der Waals surface area contributed by atoms with Crippen LogP contribution in [0.3, 0.4) is 0 Å². The van der Waals surface area contributed by atoms with E-state index in [0.29, 0.717) is 19.0 Å². The minimum absolute atomic E-state index is 0.0748. The zero-order valence-corrected chi connectivity index (χ0v) is 14.8. The highest BCUT2D eigenvalue weighted by Crippen LogP contribution is 2.25. The van der Waals surface area contributed by atoms with Gasteiger partial charge in [-0.3, -0.25) is 9.59 Å². The molecule has 25 heavy (non-hydrogen) atoms. The van der Waals surface area contributed by atoms with E-state index in [-0.39, 0.29) is 11.8 Å². The maximum absolute atomic E-state index is 12.9. The molecule has 1 aromatic heterocycles.